The summed E-state index contributed by atoms with van der Waals surface area (Å²) in [6.45, 7) is 1.32. The second-order valence-corrected chi connectivity index (χ2v) is 6.19. The molecular weight excluding hydrogens is 334 g/mol. The Morgan fingerprint density at radius 1 is 1.31 bits per heavy atom. The van der Waals surface area contributed by atoms with E-state index in [1.165, 1.54) is 10.7 Å². The molecule has 2 N–H and O–H groups in total. The number of amides is 1. The molecule has 1 aliphatic rings. The van der Waals surface area contributed by atoms with Crippen LogP contribution in [0.2, 0.25) is 0 Å². The predicted molar refractivity (Wildman–Crippen MR) is 96.8 cm³/mol. The van der Waals surface area contributed by atoms with Crippen molar-refractivity contribution in [2.24, 2.45) is 7.05 Å². The maximum absolute atomic E-state index is 12.8. The zero-order chi connectivity index (χ0) is 18.3. The third-order valence-corrected chi connectivity index (χ3v) is 4.70. The first-order valence-electron chi connectivity index (χ1n) is 8.34. The van der Waals surface area contributed by atoms with Gasteiger partial charge in [-0.15, -0.1) is 0 Å². The van der Waals surface area contributed by atoms with E-state index < -0.39 is 0 Å². The summed E-state index contributed by atoms with van der Waals surface area (Å²) >= 11 is 0. The van der Waals surface area contributed by atoms with Gasteiger partial charge in [-0.25, -0.2) is 0 Å². The summed E-state index contributed by atoms with van der Waals surface area (Å²) < 4.78 is 8.31. The second kappa shape index (κ2) is 6.30. The van der Waals surface area contributed by atoms with E-state index in [1.54, 1.807) is 31.4 Å². The minimum atomic E-state index is -0.311. The fourth-order valence-electron chi connectivity index (χ4n) is 3.34. The molecule has 0 fully saturated rings. The zero-order valence-corrected chi connectivity index (χ0v) is 14.6. The molecular formula is C18H19N5O3. The van der Waals surface area contributed by atoms with Crippen molar-refractivity contribution < 1.29 is 9.53 Å². The van der Waals surface area contributed by atoms with Crippen LogP contribution in [0.1, 0.15) is 21.6 Å². The summed E-state index contributed by atoms with van der Waals surface area (Å²) in [6.07, 6.45) is 2.18. The number of fused-ring (bicyclic) bond motifs is 2. The van der Waals surface area contributed by atoms with Crippen molar-refractivity contribution in [2.75, 3.05) is 19.0 Å². The van der Waals surface area contributed by atoms with E-state index in [1.807, 2.05) is 11.6 Å². The van der Waals surface area contributed by atoms with Gasteiger partial charge in [-0.2, -0.15) is 9.61 Å². The van der Waals surface area contributed by atoms with Crippen LogP contribution in [0.3, 0.4) is 0 Å². The van der Waals surface area contributed by atoms with Crippen molar-refractivity contribution in [3.63, 3.8) is 0 Å². The first kappa shape index (κ1) is 16.3. The summed E-state index contributed by atoms with van der Waals surface area (Å²) in [5.74, 6) is 0.399. The van der Waals surface area contributed by atoms with Crippen LogP contribution in [-0.2, 0) is 20.0 Å². The number of nitrogens with zero attached hydrogens (tertiary/aromatic N) is 3. The van der Waals surface area contributed by atoms with E-state index in [0.717, 1.165) is 18.7 Å². The molecule has 1 amide bonds. The van der Waals surface area contributed by atoms with E-state index in [2.05, 4.69) is 15.7 Å². The first-order chi connectivity index (χ1) is 12.6. The molecule has 3 heterocycles. The average molecular weight is 353 g/mol. The van der Waals surface area contributed by atoms with Gasteiger partial charge in [0, 0.05) is 37.9 Å². The van der Waals surface area contributed by atoms with Crippen LogP contribution in [0.5, 0.6) is 5.75 Å². The number of ether oxygens (including phenoxy) is 1. The minimum absolute atomic E-state index is 0.177. The predicted octanol–water partition coefficient (Wildman–Crippen LogP) is 0.940. The molecule has 1 aromatic carbocycles. The summed E-state index contributed by atoms with van der Waals surface area (Å²) in [4.78, 5) is 25.4. The molecule has 0 aliphatic carbocycles. The number of rotatable bonds is 3. The van der Waals surface area contributed by atoms with Gasteiger partial charge in [0.15, 0.2) is 5.65 Å². The van der Waals surface area contributed by atoms with Crippen molar-refractivity contribution in [1.29, 1.82) is 0 Å². The van der Waals surface area contributed by atoms with Crippen LogP contribution in [0, 0.1) is 0 Å². The van der Waals surface area contributed by atoms with Gasteiger partial charge < -0.3 is 19.9 Å². The molecule has 0 radical (unpaired) electrons. The highest BCUT2D eigenvalue weighted by atomic mass is 16.5. The Hall–Kier alpha value is -3.13. The lowest BCUT2D eigenvalue weighted by molar-refractivity contribution is 0.102. The van der Waals surface area contributed by atoms with Gasteiger partial charge in [0.2, 0.25) is 0 Å². The van der Waals surface area contributed by atoms with Crippen molar-refractivity contribution in [2.45, 2.75) is 13.0 Å². The third-order valence-electron chi connectivity index (χ3n) is 4.70. The van der Waals surface area contributed by atoms with Crippen molar-refractivity contribution in [3.8, 4) is 5.75 Å². The molecule has 134 valence electrons. The van der Waals surface area contributed by atoms with Gasteiger partial charge in [-0.05, 0) is 24.3 Å². The molecule has 8 heteroatoms. The lowest BCUT2D eigenvalue weighted by atomic mass is 10.1. The Morgan fingerprint density at radius 2 is 2.08 bits per heavy atom. The highest BCUT2D eigenvalue weighted by molar-refractivity contribution is 6.08. The van der Waals surface area contributed by atoms with Gasteiger partial charge in [0.1, 0.15) is 11.3 Å². The van der Waals surface area contributed by atoms with Crippen molar-refractivity contribution in [1.82, 2.24) is 19.5 Å². The van der Waals surface area contributed by atoms with Crippen molar-refractivity contribution >= 4 is 17.2 Å². The van der Waals surface area contributed by atoms with Gasteiger partial charge in [0.05, 0.1) is 18.9 Å². The quantitative estimate of drug-likeness (QED) is 0.731. The molecule has 0 spiro atoms. The molecule has 0 saturated heterocycles. The van der Waals surface area contributed by atoms with Gasteiger partial charge in [-0.1, -0.05) is 0 Å². The maximum Gasteiger partial charge on any atom is 0.279 e. The summed E-state index contributed by atoms with van der Waals surface area (Å²) in [7, 11) is 3.45. The maximum atomic E-state index is 12.8. The second-order valence-electron chi connectivity index (χ2n) is 6.19. The van der Waals surface area contributed by atoms with E-state index >= 15 is 0 Å². The van der Waals surface area contributed by atoms with Crippen LogP contribution in [0.25, 0.3) is 5.65 Å². The van der Waals surface area contributed by atoms with Gasteiger partial charge in [-0.3, -0.25) is 9.59 Å². The Labute approximate surface area is 149 Å². The summed E-state index contributed by atoms with van der Waals surface area (Å²) in [5, 5.41) is 10.2. The fourth-order valence-corrected chi connectivity index (χ4v) is 3.34. The molecule has 26 heavy (non-hydrogen) atoms. The Kier molecular flexibility index (Phi) is 3.96. The van der Waals surface area contributed by atoms with Gasteiger partial charge in [0.25, 0.3) is 11.5 Å². The standard InChI is InChI=1S/C18H19N5O3/c1-22-15-7-8-19-9-13(15)18(25)23-17(22)14(10-20-23)16(24)21-11-3-5-12(26-2)6-4-11/h3-6,10,19H,7-9H2,1-2H3,(H,21,24). The van der Waals surface area contributed by atoms with Crippen LogP contribution in [-0.4, -0.2) is 33.7 Å². The normalized spacial score (nSPS) is 13.5. The average Bonchev–Trinajstić information content (AvgIpc) is 3.12. The Bertz CT molecular complexity index is 1050. The molecule has 8 nitrogen and oxygen atoms in total. The number of aryl methyl sites for hydroxylation is 1. The summed E-state index contributed by atoms with van der Waals surface area (Å²) in [5.41, 5.74) is 2.98. The number of hydrogen-bond donors (Lipinski definition) is 2. The highest BCUT2D eigenvalue weighted by Crippen LogP contribution is 2.19. The zero-order valence-electron chi connectivity index (χ0n) is 14.6. The number of hydrogen-bond acceptors (Lipinski definition) is 5. The van der Waals surface area contributed by atoms with Crippen molar-refractivity contribution in [3.05, 3.63) is 57.6 Å². The van der Waals surface area contributed by atoms with Crippen LogP contribution in [0.15, 0.2) is 35.3 Å². The van der Waals surface area contributed by atoms with E-state index in [0.29, 0.717) is 34.8 Å². The number of nitrogens with one attached hydrogen (secondary N) is 2. The molecule has 0 bridgehead atoms. The number of methoxy groups -OCH3 is 1. The monoisotopic (exact) mass is 353 g/mol. The number of aromatic nitrogens is 3. The molecule has 1 aliphatic heterocycles. The van der Waals surface area contributed by atoms with Gasteiger partial charge >= 0.3 is 0 Å². The molecule has 0 atom stereocenters. The molecule has 0 saturated carbocycles. The minimum Gasteiger partial charge on any atom is -0.497 e. The smallest absolute Gasteiger partial charge is 0.279 e. The van der Waals surface area contributed by atoms with E-state index in [9.17, 15) is 9.59 Å². The Morgan fingerprint density at radius 3 is 2.81 bits per heavy atom. The van der Waals surface area contributed by atoms with Crippen LogP contribution >= 0.6 is 0 Å². The molecule has 3 aromatic rings. The number of benzene rings is 1. The van der Waals surface area contributed by atoms with Crippen LogP contribution < -0.4 is 20.9 Å². The SMILES string of the molecule is COc1ccc(NC(=O)c2cnn3c(=O)c4c(n(C)c23)CCNC4)cc1. The number of carbonyl (C=O) groups is 1. The molecule has 2 aromatic heterocycles. The largest absolute Gasteiger partial charge is 0.497 e. The fraction of sp³-hybridized carbons (Fsp3) is 0.278. The summed E-state index contributed by atoms with van der Waals surface area (Å²) in [6, 6.07) is 7.06. The molecule has 0 unspecified atom stereocenters. The number of carbonyl (C=O) groups excluding carboxylic acids is 1. The topological polar surface area (TPSA) is 89.7 Å². The highest BCUT2D eigenvalue weighted by Gasteiger charge is 2.23. The van der Waals surface area contributed by atoms with E-state index in [-0.39, 0.29) is 11.5 Å². The Balaban J connectivity index is 1.75. The lowest BCUT2D eigenvalue weighted by Gasteiger charge is -2.20. The lowest BCUT2D eigenvalue weighted by Crippen LogP contribution is -2.35. The van der Waals surface area contributed by atoms with E-state index in [4.69, 9.17) is 4.74 Å². The third kappa shape index (κ3) is 2.55. The number of anilines is 1. The first-order valence-corrected chi connectivity index (χ1v) is 8.34. The van der Waals surface area contributed by atoms with Crippen LogP contribution in [0.4, 0.5) is 5.69 Å². The molecule has 4 rings (SSSR count).